The standard InChI is InChI=1S/C10H12N2O2/c1-2-11-7-8-6-10(14-12-8)9-4-3-5-13-9/h3-6,11H,2,7H2,1H3. The van der Waals surface area contributed by atoms with E-state index in [9.17, 15) is 0 Å². The van der Waals surface area contributed by atoms with E-state index in [0.29, 0.717) is 11.5 Å². The molecular weight excluding hydrogens is 180 g/mol. The molecule has 0 radical (unpaired) electrons. The van der Waals surface area contributed by atoms with Crippen molar-refractivity contribution >= 4 is 0 Å². The molecule has 2 aromatic heterocycles. The monoisotopic (exact) mass is 192 g/mol. The lowest BCUT2D eigenvalue weighted by molar-refractivity contribution is 0.408. The molecule has 0 unspecified atom stereocenters. The van der Waals surface area contributed by atoms with Gasteiger partial charge in [-0.25, -0.2) is 0 Å². The minimum atomic E-state index is 0.669. The third kappa shape index (κ3) is 1.85. The molecular formula is C10H12N2O2. The van der Waals surface area contributed by atoms with E-state index in [1.54, 1.807) is 6.26 Å². The fourth-order valence-electron chi connectivity index (χ4n) is 1.18. The molecule has 0 fully saturated rings. The van der Waals surface area contributed by atoms with Crippen molar-refractivity contribution in [2.24, 2.45) is 0 Å². The van der Waals surface area contributed by atoms with E-state index in [2.05, 4.69) is 10.5 Å². The van der Waals surface area contributed by atoms with Crippen LogP contribution in [0.3, 0.4) is 0 Å². The fraction of sp³-hybridized carbons (Fsp3) is 0.300. The first-order chi connectivity index (χ1) is 6.90. The number of rotatable bonds is 4. The number of nitrogens with one attached hydrogen (secondary N) is 1. The lowest BCUT2D eigenvalue weighted by Gasteiger charge is -1.92. The normalized spacial score (nSPS) is 10.6. The molecule has 2 rings (SSSR count). The summed E-state index contributed by atoms with van der Waals surface area (Å²) in [6, 6.07) is 5.54. The summed E-state index contributed by atoms with van der Waals surface area (Å²) in [5.41, 5.74) is 0.887. The van der Waals surface area contributed by atoms with Crippen molar-refractivity contribution < 1.29 is 8.94 Å². The van der Waals surface area contributed by atoms with Crippen molar-refractivity contribution in [2.45, 2.75) is 13.5 Å². The van der Waals surface area contributed by atoms with Crippen molar-refractivity contribution in [3.63, 3.8) is 0 Å². The molecule has 1 N–H and O–H groups in total. The molecule has 0 aliphatic carbocycles. The van der Waals surface area contributed by atoms with E-state index in [1.807, 2.05) is 25.1 Å². The zero-order valence-corrected chi connectivity index (χ0v) is 7.99. The lowest BCUT2D eigenvalue weighted by Crippen LogP contribution is -2.11. The summed E-state index contributed by atoms with van der Waals surface area (Å²) in [4.78, 5) is 0. The number of hydrogen-bond acceptors (Lipinski definition) is 4. The Morgan fingerprint density at radius 2 is 2.36 bits per heavy atom. The van der Waals surface area contributed by atoms with Crippen LogP contribution in [0.4, 0.5) is 0 Å². The zero-order chi connectivity index (χ0) is 9.80. The van der Waals surface area contributed by atoms with E-state index in [0.717, 1.165) is 18.8 Å². The van der Waals surface area contributed by atoms with Crippen molar-refractivity contribution in [3.8, 4) is 11.5 Å². The Kier molecular flexibility index (Phi) is 2.65. The largest absolute Gasteiger partial charge is 0.461 e. The second kappa shape index (κ2) is 4.11. The minimum absolute atomic E-state index is 0.669. The summed E-state index contributed by atoms with van der Waals surface area (Å²) in [6.07, 6.45) is 1.61. The summed E-state index contributed by atoms with van der Waals surface area (Å²) in [7, 11) is 0. The van der Waals surface area contributed by atoms with Crippen LogP contribution in [-0.4, -0.2) is 11.7 Å². The van der Waals surface area contributed by atoms with E-state index < -0.39 is 0 Å². The van der Waals surface area contributed by atoms with Gasteiger partial charge >= 0.3 is 0 Å². The third-order valence-corrected chi connectivity index (χ3v) is 1.88. The summed E-state index contributed by atoms with van der Waals surface area (Å²) < 4.78 is 10.3. The van der Waals surface area contributed by atoms with Crippen LogP contribution in [0.1, 0.15) is 12.6 Å². The van der Waals surface area contributed by atoms with Gasteiger partial charge in [-0.1, -0.05) is 12.1 Å². The summed E-state index contributed by atoms with van der Waals surface area (Å²) in [5.74, 6) is 1.38. The van der Waals surface area contributed by atoms with Gasteiger partial charge in [-0.2, -0.15) is 0 Å². The Balaban J connectivity index is 2.10. The highest BCUT2D eigenvalue weighted by Gasteiger charge is 2.07. The van der Waals surface area contributed by atoms with Crippen LogP contribution < -0.4 is 5.32 Å². The maximum Gasteiger partial charge on any atom is 0.202 e. The molecule has 0 aromatic carbocycles. The zero-order valence-electron chi connectivity index (χ0n) is 7.99. The Bertz CT molecular complexity index is 378. The van der Waals surface area contributed by atoms with Gasteiger partial charge in [0.1, 0.15) is 0 Å². The summed E-state index contributed by atoms with van der Waals surface area (Å²) in [5, 5.41) is 7.08. The Morgan fingerprint density at radius 1 is 1.43 bits per heavy atom. The predicted octanol–water partition coefficient (Wildman–Crippen LogP) is 2.04. The van der Waals surface area contributed by atoms with Gasteiger partial charge in [-0.05, 0) is 18.7 Å². The van der Waals surface area contributed by atoms with Crippen LogP contribution in [0.2, 0.25) is 0 Å². The number of hydrogen-bond donors (Lipinski definition) is 1. The molecule has 74 valence electrons. The topological polar surface area (TPSA) is 51.2 Å². The molecule has 2 aromatic rings. The summed E-state index contributed by atoms with van der Waals surface area (Å²) >= 11 is 0. The third-order valence-electron chi connectivity index (χ3n) is 1.88. The smallest absolute Gasteiger partial charge is 0.202 e. The van der Waals surface area contributed by atoms with Gasteiger partial charge in [0.05, 0.1) is 12.0 Å². The molecule has 0 aliphatic rings. The second-order valence-corrected chi connectivity index (χ2v) is 2.94. The maximum absolute atomic E-state index is 5.18. The first-order valence-electron chi connectivity index (χ1n) is 4.60. The van der Waals surface area contributed by atoms with Crippen LogP contribution in [-0.2, 0) is 6.54 Å². The van der Waals surface area contributed by atoms with Crippen molar-refractivity contribution in [3.05, 3.63) is 30.2 Å². The Morgan fingerprint density at radius 3 is 3.07 bits per heavy atom. The van der Waals surface area contributed by atoms with Gasteiger partial charge in [0.15, 0.2) is 5.76 Å². The minimum Gasteiger partial charge on any atom is -0.461 e. The second-order valence-electron chi connectivity index (χ2n) is 2.94. The van der Waals surface area contributed by atoms with Gasteiger partial charge < -0.3 is 14.3 Å². The van der Waals surface area contributed by atoms with Crippen LogP contribution in [0.5, 0.6) is 0 Å². The quantitative estimate of drug-likeness (QED) is 0.805. The first kappa shape index (κ1) is 9.02. The first-order valence-corrected chi connectivity index (χ1v) is 4.60. The van der Waals surface area contributed by atoms with E-state index in [4.69, 9.17) is 8.94 Å². The highest BCUT2D eigenvalue weighted by Crippen LogP contribution is 2.20. The molecule has 0 saturated heterocycles. The average Bonchev–Trinajstić information content (AvgIpc) is 2.85. The van der Waals surface area contributed by atoms with Gasteiger partial charge in [0, 0.05) is 12.6 Å². The van der Waals surface area contributed by atoms with Crippen molar-refractivity contribution in [2.75, 3.05) is 6.54 Å². The average molecular weight is 192 g/mol. The van der Waals surface area contributed by atoms with Crippen molar-refractivity contribution in [1.29, 1.82) is 0 Å². The van der Waals surface area contributed by atoms with Crippen molar-refractivity contribution in [1.82, 2.24) is 10.5 Å². The summed E-state index contributed by atoms with van der Waals surface area (Å²) in [6.45, 7) is 3.69. The SMILES string of the molecule is CCNCc1cc(-c2ccco2)on1. The number of nitrogens with zero attached hydrogens (tertiary/aromatic N) is 1. The highest BCUT2D eigenvalue weighted by atomic mass is 16.5. The predicted molar refractivity (Wildman–Crippen MR) is 51.6 cm³/mol. The molecule has 0 saturated carbocycles. The van der Waals surface area contributed by atoms with E-state index >= 15 is 0 Å². The Hall–Kier alpha value is -1.55. The Labute approximate surface area is 81.9 Å². The van der Waals surface area contributed by atoms with E-state index in [1.165, 1.54) is 0 Å². The maximum atomic E-state index is 5.18. The van der Waals surface area contributed by atoms with Gasteiger partial charge in [0.25, 0.3) is 0 Å². The van der Waals surface area contributed by atoms with Crippen LogP contribution in [0, 0.1) is 0 Å². The van der Waals surface area contributed by atoms with Crippen LogP contribution >= 0.6 is 0 Å². The van der Waals surface area contributed by atoms with Gasteiger partial charge in [-0.15, -0.1) is 0 Å². The van der Waals surface area contributed by atoms with E-state index in [-0.39, 0.29) is 0 Å². The van der Waals surface area contributed by atoms with Gasteiger partial charge in [-0.3, -0.25) is 0 Å². The molecule has 2 heterocycles. The molecule has 0 amide bonds. The lowest BCUT2D eigenvalue weighted by atomic mass is 10.3. The molecule has 4 nitrogen and oxygen atoms in total. The molecule has 14 heavy (non-hydrogen) atoms. The van der Waals surface area contributed by atoms with Crippen LogP contribution in [0.25, 0.3) is 11.5 Å². The molecule has 0 atom stereocenters. The van der Waals surface area contributed by atoms with Gasteiger partial charge in [0.2, 0.25) is 5.76 Å². The fourth-order valence-corrected chi connectivity index (χ4v) is 1.18. The molecule has 4 heteroatoms. The van der Waals surface area contributed by atoms with Crippen LogP contribution in [0.15, 0.2) is 33.4 Å². The molecule has 0 aliphatic heterocycles. The molecule has 0 bridgehead atoms. The number of aromatic nitrogens is 1. The number of furan rings is 1. The highest BCUT2D eigenvalue weighted by molar-refractivity contribution is 5.49. The molecule has 0 spiro atoms.